The third-order valence-electron chi connectivity index (χ3n) is 3.67. The molecule has 1 aromatic carbocycles. The SMILES string of the molecule is CC.CCCOCCNNC(C)c1ccc(F)c(OCC2CC2)c1. The van der Waals surface area contributed by atoms with Gasteiger partial charge >= 0.3 is 0 Å². The van der Waals surface area contributed by atoms with Crippen molar-refractivity contribution in [3.8, 4) is 5.75 Å². The molecule has 2 rings (SSSR count). The molecule has 0 radical (unpaired) electrons. The summed E-state index contributed by atoms with van der Waals surface area (Å²) < 4.78 is 24.7. The largest absolute Gasteiger partial charge is 0.490 e. The van der Waals surface area contributed by atoms with E-state index in [9.17, 15) is 4.39 Å². The summed E-state index contributed by atoms with van der Waals surface area (Å²) in [6, 6.07) is 5.10. The lowest BCUT2D eigenvalue weighted by molar-refractivity contribution is 0.133. The Labute approximate surface area is 146 Å². The van der Waals surface area contributed by atoms with E-state index < -0.39 is 0 Å². The van der Waals surface area contributed by atoms with Crippen molar-refractivity contribution in [2.24, 2.45) is 5.92 Å². The first-order valence-corrected chi connectivity index (χ1v) is 9.19. The van der Waals surface area contributed by atoms with Gasteiger partial charge in [-0.1, -0.05) is 26.8 Å². The minimum atomic E-state index is -0.294. The summed E-state index contributed by atoms with van der Waals surface area (Å²) in [5.74, 6) is 0.672. The normalized spacial score (nSPS) is 14.7. The fourth-order valence-corrected chi connectivity index (χ4v) is 2.07. The molecule has 0 aliphatic heterocycles. The molecule has 0 aromatic heterocycles. The number of hydrazine groups is 1. The van der Waals surface area contributed by atoms with E-state index in [0.717, 1.165) is 25.1 Å². The third-order valence-corrected chi connectivity index (χ3v) is 3.67. The quantitative estimate of drug-likeness (QED) is 0.467. The fraction of sp³-hybridized carbons (Fsp3) is 0.684. The second kappa shape index (κ2) is 12.2. The second-order valence-corrected chi connectivity index (χ2v) is 5.85. The van der Waals surface area contributed by atoms with Crippen LogP contribution in [-0.2, 0) is 4.74 Å². The summed E-state index contributed by atoms with van der Waals surface area (Å²) in [5, 5.41) is 0. The van der Waals surface area contributed by atoms with Crippen molar-refractivity contribution in [2.75, 3.05) is 26.4 Å². The molecule has 1 aliphatic rings. The Hall–Kier alpha value is -1.17. The number of hydrogen-bond donors (Lipinski definition) is 2. The van der Waals surface area contributed by atoms with Crippen LogP contribution in [0, 0.1) is 11.7 Å². The van der Waals surface area contributed by atoms with Crippen LogP contribution >= 0.6 is 0 Å². The van der Waals surface area contributed by atoms with Crippen LogP contribution in [0.3, 0.4) is 0 Å². The first-order chi connectivity index (χ1) is 11.7. The zero-order valence-corrected chi connectivity index (χ0v) is 15.5. The van der Waals surface area contributed by atoms with E-state index in [4.69, 9.17) is 9.47 Å². The van der Waals surface area contributed by atoms with Gasteiger partial charge in [0.2, 0.25) is 0 Å². The Morgan fingerprint density at radius 2 is 2.00 bits per heavy atom. The Bertz CT molecular complexity index is 453. The molecule has 1 unspecified atom stereocenters. The Morgan fingerprint density at radius 1 is 1.25 bits per heavy atom. The van der Waals surface area contributed by atoms with Gasteiger partial charge in [0.25, 0.3) is 0 Å². The standard InChI is InChI=1S/C17H27FN2O2.C2H6/c1-3-9-21-10-8-19-20-13(2)15-6-7-16(18)17(11-15)22-12-14-4-5-14;1-2/h6-7,11,13-14,19-20H,3-5,8-10,12H2,1-2H3;1-2H3. The van der Waals surface area contributed by atoms with Crippen molar-refractivity contribution < 1.29 is 13.9 Å². The summed E-state index contributed by atoms with van der Waals surface area (Å²) in [6.45, 7) is 10.9. The van der Waals surface area contributed by atoms with Crippen molar-refractivity contribution in [2.45, 2.75) is 53.0 Å². The molecule has 2 N–H and O–H groups in total. The van der Waals surface area contributed by atoms with Gasteiger partial charge in [0.05, 0.1) is 13.2 Å². The Morgan fingerprint density at radius 3 is 2.67 bits per heavy atom. The van der Waals surface area contributed by atoms with E-state index >= 15 is 0 Å². The third kappa shape index (κ3) is 8.08. The Balaban J connectivity index is 0.00000139. The van der Waals surface area contributed by atoms with Crippen molar-refractivity contribution in [3.63, 3.8) is 0 Å². The van der Waals surface area contributed by atoms with E-state index in [2.05, 4.69) is 17.8 Å². The number of halogens is 1. The molecule has 1 atom stereocenters. The summed E-state index contributed by atoms with van der Waals surface area (Å²) in [6.07, 6.45) is 3.43. The van der Waals surface area contributed by atoms with Crippen molar-refractivity contribution in [3.05, 3.63) is 29.6 Å². The van der Waals surface area contributed by atoms with Gasteiger partial charge in [0, 0.05) is 19.2 Å². The predicted molar refractivity (Wildman–Crippen MR) is 96.6 cm³/mol. The molecular formula is C19H33FN2O2. The molecule has 1 aliphatic carbocycles. The molecule has 5 heteroatoms. The average molecular weight is 340 g/mol. The minimum Gasteiger partial charge on any atom is -0.490 e. The van der Waals surface area contributed by atoms with Gasteiger partial charge in [0.15, 0.2) is 11.6 Å². The smallest absolute Gasteiger partial charge is 0.165 e. The van der Waals surface area contributed by atoms with Crippen LogP contribution in [0.2, 0.25) is 0 Å². The van der Waals surface area contributed by atoms with E-state index in [1.807, 2.05) is 20.8 Å². The van der Waals surface area contributed by atoms with Gasteiger partial charge in [0.1, 0.15) is 0 Å². The van der Waals surface area contributed by atoms with Crippen LogP contribution in [0.25, 0.3) is 0 Å². The molecule has 0 spiro atoms. The maximum Gasteiger partial charge on any atom is 0.165 e. The topological polar surface area (TPSA) is 42.5 Å². The number of nitrogens with one attached hydrogen (secondary N) is 2. The second-order valence-electron chi connectivity index (χ2n) is 5.85. The first kappa shape index (κ1) is 20.9. The Kier molecular flexibility index (Phi) is 10.6. The fourth-order valence-electron chi connectivity index (χ4n) is 2.07. The molecule has 138 valence electrons. The summed E-state index contributed by atoms with van der Waals surface area (Å²) >= 11 is 0. The van der Waals surface area contributed by atoms with Crippen molar-refractivity contribution >= 4 is 0 Å². The van der Waals surface area contributed by atoms with Crippen molar-refractivity contribution in [1.29, 1.82) is 0 Å². The van der Waals surface area contributed by atoms with Gasteiger partial charge in [-0.2, -0.15) is 0 Å². The monoisotopic (exact) mass is 340 g/mol. The van der Waals surface area contributed by atoms with Gasteiger partial charge in [-0.3, -0.25) is 10.9 Å². The highest BCUT2D eigenvalue weighted by Gasteiger charge is 2.22. The van der Waals surface area contributed by atoms with Gasteiger partial charge in [-0.05, 0) is 49.8 Å². The van der Waals surface area contributed by atoms with Crippen LogP contribution in [0.15, 0.2) is 18.2 Å². The number of ether oxygens (including phenoxy) is 2. The van der Waals surface area contributed by atoms with E-state index in [0.29, 0.717) is 24.9 Å². The number of rotatable bonds is 11. The molecule has 0 bridgehead atoms. The molecule has 4 nitrogen and oxygen atoms in total. The summed E-state index contributed by atoms with van der Waals surface area (Å²) in [5.41, 5.74) is 7.31. The first-order valence-electron chi connectivity index (χ1n) is 9.19. The van der Waals surface area contributed by atoms with Gasteiger partial charge < -0.3 is 9.47 Å². The van der Waals surface area contributed by atoms with Crippen LogP contribution in [0.4, 0.5) is 4.39 Å². The molecule has 1 aromatic rings. The molecular weight excluding hydrogens is 307 g/mol. The molecule has 0 saturated heterocycles. The molecule has 1 fully saturated rings. The zero-order chi connectivity index (χ0) is 17.8. The van der Waals surface area contributed by atoms with Crippen LogP contribution in [0.5, 0.6) is 5.75 Å². The van der Waals surface area contributed by atoms with Gasteiger partial charge in [-0.15, -0.1) is 0 Å². The van der Waals surface area contributed by atoms with E-state index in [1.54, 1.807) is 12.1 Å². The van der Waals surface area contributed by atoms with Crippen LogP contribution in [0.1, 0.15) is 58.6 Å². The van der Waals surface area contributed by atoms with Crippen molar-refractivity contribution in [1.82, 2.24) is 10.9 Å². The van der Waals surface area contributed by atoms with E-state index in [1.165, 1.54) is 18.9 Å². The predicted octanol–water partition coefficient (Wildman–Crippen LogP) is 4.22. The minimum absolute atomic E-state index is 0.0649. The average Bonchev–Trinajstić information content (AvgIpc) is 3.43. The van der Waals surface area contributed by atoms with Crippen LogP contribution in [-0.4, -0.2) is 26.4 Å². The summed E-state index contributed by atoms with van der Waals surface area (Å²) in [4.78, 5) is 0. The zero-order valence-electron chi connectivity index (χ0n) is 15.5. The molecule has 24 heavy (non-hydrogen) atoms. The van der Waals surface area contributed by atoms with Crippen LogP contribution < -0.4 is 15.6 Å². The maximum absolute atomic E-state index is 13.8. The summed E-state index contributed by atoms with van der Waals surface area (Å²) in [7, 11) is 0. The van der Waals surface area contributed by atoms with Gasteiger partial charge in [-0.25, -0.2) is 4.39 Å². The number of hydrogen-bond acceptors (Lipinski definition) is 4. The maximum atomic E-state index is 13.8. The lowest BCUT2D eigenvalue weighted by atomic mass is 10.1. The van der Waals surface area contributed by atoms with E-state index in [-0.39, 0.29) is 11.9 Å². The molecule has 0 heterocycles. The lowest BCUT2D eigenvalue weighted by Crippen LogP contribution is -2.36. The molecule has 0 amide bonds. The lowest BCUT2D eigenvalue weighted by Gasteiger charge is -2.17. The highest BCUT2D eigenvalue weighted by atomic mass is 19.1. The highest BCUT2D eigenvalue weighted by Crippen LogP contribution is 2.30. The highest BCUT2D eigenvalue weighted by molar-refractivity contribution is 5.32. The molecule has 1 saturated carbocycles. The number of benzene rings is 1.